The van der Waals surface area contributed by atoms with Crippen molar-refractivity contribution >= 4 is 28.7 Å². The number of imide groups is 1. The van der Waals surface area contributed by atoms with Gasteiger partial charge in [0.15, 0.2) is 0 Å². The highest BCUT2D eigenvalue weighted by molar-refractivity contribution is 6.05. The third-order valence-corrected chi connectivity index (χ3v) is 4.82. The molecule has 8 nitrogen and oxygen atoms in total. The largest absolute Gasteiger partial charge is 0.467 e. The zero-order valence-corrected chi connectivity index (χ0v) is 15.1. The standard InChI is InChI=1S/C20H20N4O4/c25-18(22-12-14-4-3-9-28-14)10-17-19(26)24(20(27)23-17)8-7-13-11-21-16-6-2-1-5-15(13)16/h1-6,9,11,17,21H,7-8,10,12H2,(H,22,25)(H,23,27)/t17-/m1/s1. The number of aromatic amines is 1. The summed E-state index contributed by atoms with van der Waals surface area (Å²) >= 11 is 0. The maximum Gasteiger partial charge on any atom is 0.324 e. The Morgan fingerprint density at radius 1 is 1.18 bits per heavy atom. The van der Waals surface area contributed by atoms with Crippen molar-refractivity contribution in [2.24, 2.45) is 0 Å². The van der Waals surface area contributed by atoms with Crippen LogP contribution in [0.4, 0.5) is 4.79 Å². The van der Waals surface area contributed by atoms with Crippen molar-refractivity contribution < 1.29 is 18.8 Å². The van der Waals surface area contributed by atoms with Crippen molar-refractivity contribution in [3.8, 4) is 0 Å². The summed E-state index contributed by atoms with van der Waals surface area (Å²) in [5.41, 5.74) is 2.05. The number of H-pyrrole nitrogens is 1. The first kappa shape index (κ1) is 17.8. The molecule has 1 atom stereocenters. The Hall–Kier alpha value is -3.55. The molecule has 1 aliphatic rings. The summed E-state index contributed by atoms with van der Waals surface area (Å²) in [7, 11) is 0. The SMILES string of the molecule is O=C(C[C@H]1NC(=O)N(CCc2c[nH]c3ccccc23)C1=O)NCc1ccco1. The lowest BCUT2D eigenvalue weighted by Gasteiger charge is -2.12. The quantitative estimate of drug-likeness (QED) is 0.544. The number of urea groups is 1. The first-order valence-electron chi connectivity index (χ1n) is 9.08. The summed E-state index contributed by atoms with van der Waals surface area (Å²) in [4.78, 5) is 41.1. The molecule has 144 valence electrons. The number of fused-ring (bicyclic) bond motifs is 1. The minimum Gasteiger partial charge on any atom is -0.467 e. The molecule has 0 bridgehead atoms. The van der Waals surface area contributed by atoms with Crippen molar-refractivity contribution in [1.82, 2.24) is 20.5 Å². The van der Waals surface area contributed by atoms with Gasteiger partial charge in [-0.25, -0.2) is 4.79 Å². The zero-order valence-electron chi connectivity index (χ0n) is 15.1. The van der Waals surface area contributed by atoms with Crippen molar-refractivity contribution in [3.63, 3.8) is 0 Å². The number of hydrogen-bond donors (Lipinski definition) is 3. The fraction of sp³-hybridized carbons (Fsp3) is 0.250. The summed E-state index contributed by atoms with van der Waals surface area (Å²) in [6.07, 6.45) is 3.85. The maximum atomic E-state index is 12.5. The van der Waals surface area contributed by atoms with Gasteiger partial charge in [0.1, 0.15) is 11.8 Å². The maximum absolute atomic E-state index is 12.5. The van der Waals surface area contributed by atoms with Crippen molar-refractivity contribution in [2.45, 2.75) is 25.4 Å². The number of amides is 4. The highest BCUT2D eigenvalue weighted by Gasteiger charge is 2.38. The van der Waals surface area contributed by atoms with Crippen LogP contribution in [0, 0.1) is 0 Å². The third-order valence-electron chi connectivity index (χ3n) is 4.82. The molecule has 0 unspecified atom stereocenters. The van der Waals surface area contributed by atoms with Crippen LogP contribution in [0.3, 0.4) is 0 Å². The van der Waals surface area contributed by atoms with Crippen molar-refractivity contribution in [2.75, 3.05) is 6.54 Å². The van der Waals surface area contributed by atoms with Gasteiger partial charge in [0.05, 0.1) is 19.2 Å². The van der Waals surface area contributed by atoms with Crippen LogP contribution in [0.1, 0.15) is 17.7 Å². The second-order valence-electron chi connectivity index (χ2n) is 6.66. The van der Waals surface area contributed by atoms with Crippen LogP contribution in [0.5, 0.6) is 0 Å². The van der Waals surface area contributed by atoms with E-state index in [0.29, 0.717) is 12.2 Å². The number of benzene rings is 1. The third kappa shape index (κ3) is 3.62. The molecule has 4 rings (SSSR count). The van der Waals surface area contributed by atoms with Crippen molar-refractivity contribution in [3.05, 3.63) is 60.2 Å². The molecule has 3 N–H and O–H groups in total. The molecule has 0 saturated carbocycles. The lowest BCUT2D eigenvalue weighted by molar-refractivity contribution is -0.130. The first-order chi connectivity index (χ1) is 13.6. The lowest BCUT2D eigenvalue weighted by Crippen LogP contribution is -2.36. The number of hydrogen-bond acceptors (Lipinski definition) is 4. The highest BCUT2D eigenvalue weighted by Crippen LogP contribution is 2.19. The predicted molar refractivity (Wildman–Crippen MR) is 101 cm³/mol. The van der Waals surface area contributed by atoms with E-state index in [1.165, 1.54) is 11.2 Å². The molecule has 0 radical (unpaired) electrons. The van der Waals surface area contributed by atoms with Gasteiger partial charge in [0.2, 0.25) is 5.91 Å². The van der Waals surface area contributed by atoms with Crippen LogP contribution < -0.4 is 10.6 Å². The Balaban J connectivity index is 1.32. The fourth-order valence-corrected chi connectivity index (χ4v) is 3.35. The number of nitrogens with one attached hydrogen (secondary N) is 3. The molecule has 1 aromatic carbocycles. The Labute approximate surface area is 160 Å². The number of furan rings is 1. The van der Waals surface area contributed by atoms with Crippen LogP contribution >= 0.6 is 0 Å². The average molecular weight is 380 g/mol. The predicted octanol–water partition coefficient (Wildman–Crippen LogP) is 1.93. The average Bonchev–Trinajstić information content (AvgIpc) is 3.40. The topological polar surface area (TPSA) is 107 Å². The van der Waals surface area contributed by atoms with Gasteiger partial charge in [-0.15, -0.1) is 0 Å². The van der Waals surface area contributed by atoms with Crippen LogP contribution in [0.25, 0.3) is 10.9 Å². The van der Waals surface area contributed by atoms with E-state index in [1.807, 2.05) is 30.5 Å². The molecular formula is C20H20N4O4. The molecule has 3 heterocycles. The fourth-order valence-electron chi connectivity index (χ4n) is 3.35. The van der Waals surface area contributed by atoms with E-state index in [1.54, 1.807) is 12.1 Å². The minimum atomic E-state index is -0.841. The van der Waals surface area contributed by atoms with Gasteiger partial charge in [0.25, 0.3) is 5.91 Å². The van der Waals surface area contributed by atoms with Gasteiger partial charge in [-0.05, 0) is 30.2 Å². The summed E-state index contributed by atoms with van der Waals surface area (Å²) in [5, 5.41) is 6.34. The van der Waals surface area contributed by atoms with Crippen molar-refractivity contribution in [1.29, 1.82) is 0 Å². The molecule has 1 aliphatic heterocycles. The van der Waals surface area contributed by atoms with Crippen LogP contribution in [-0.4, -0.2) is 40.3 Å². The van der Waals surface area contributed by atoms with Crippen LogP contribution in [-0.2, 0) is 22.6 Å². The van der Waals surface area contributed by atoms with Gasteiger partial charge in [-0.1, -0.05) is 18.2 Å². The van der Waals surface area contributed by atoms with Crippen LogP contribution in [0.2, 0.25) is 0 Å². The normalized spacial score (nSPS) is 16.6. The Bertz CT molecular complexity index is 1010. The summed E-state index contributed by atoms with van der Waals surface area (Å²) in [6, 6.07) is 10.0. The summed E-state index contributed by atoms with van der Waals surface area (Å²) in [6.45, 7) is 0.502. The molecule has 3 aromatic rings. The molecule has 1 fully saturated rings. The lowest BCUT2D eigenvalue weighted by atomic mass is 10.1. The Morgan fingerprint density at radius 3 is 2.86 bits per heavy atom. The number of aromatic nitrogens is 1. The molecule has 8 heteroatoms. The van der Waals surface area contributed by atoms with E-state index in [0.717, 1.165) is 16.5 Å². The first-order valence-corrected chi connectivity index (χ1v) is 9.08. The second-order valence-corrected chi connectivity index (χ2v) is 6.66. The molecule has 0 aliphatic carbocycles. The van der Waals surface area contributed by atoms with Gasteiger partial charge in [-0.3, -0.25) is 14.5 Å². The minimum absolute atomic E-state index is 0.102. The molecular weight excluding hydrogens is 360 g/mol. The number of para-hydroxylation sites is 1. The van der Waals surface area contributed by atoms with Gasteiger partial charge in [-0.2, -0.15) is 0 Å². The van der Waals surface area contributed by atoms with E-state index >= 15 is 0 Å². The van der Waals surface area contributed by atoms with Crippen LogP contribution in [0.15, 0.2) is 53.3 Å². The highest BCUT2D eigenvalue weighted by atomic mass is 16.3. The molecule has 1 saturated heterocycles. The summed E-state index contributed by atoms with van der Waals surface area (Å²) < 4.78 is 5.14. The smallest absolute Gasteiger partial charge is 0.324 e. The number of carbonyl (C=O) groups excluding carboxylic acids is 3. The second kappa shape index (κ2) is 7.59. The van der Waals surface area contributed by atoms with Gasteiger partial charge in [0, 0.05) is 23.6 Å². The van der Waals surface area contributed by atoms with Gasteiger partial charge < -0.3 is 20.0 Å². The number of nitrogens with zero attached hydrogens (tertiary/aromatic N) is 1. The molecule has 4 amide bonds. The van der Waals surface area contributed by atoms with E-state index in [9.17, 15) is 14.4 Å². The number of rotatable bonds is 7. The molecule has 2 aromatic heterocycles. The Morgan fingerprint density at radius 2 is 2.04 bits per heavy atom. The molecule has 0 spiro atoms. The Kier molecular flexibility index (Phi) is 4.84. The van der Waals surface area contributed by atoms with E-state index in [2.05, 4.69) is 15.6 Å². The van der Waals surface area contributed by atoms with E-state index in [4.69, 9.17) is 4.42 Å². The summed E-state index contributed by atoms with van der Waals surface area (Å²) in [5.74, 6) is -0.0815. The molecule has 28 heavy (non-hydrogen) atoms. The van der Waals surface area contributed by atoms with E-state index in [-0.39, 0.29) is 31.3 Å². The zero-order chi connectivity index (χ0) is 19.5. The van der Waals surface area contributed by atoms with Gasteiger partial charge >= 0.3 is 6.03 Å². The monoisotopic (exact) mass is 380 g/mol. The number of carbonyl (C=O) groups is 3. The van der Waals surface area contributed by atoms with E-state index < -0.39 is 12.1 Å².